The number of aryl methyl sites for hydroxylation is 2. The van der Waals surface area contributed by atoms with Crippen LogP contribution in [0.1, 0.15) is 47.6 Å². The van der Waals surface area contributed by atoms with Crippen molar-refractivity contribution < 1.29 is 9.53 Å². The van der Waals surface area contributed by atoms with E-state index in [1.807, 2.05) is 24.3 Å². The van der Waals surface area contributed by atoms with E-state index < -0.39 is 0 Å². The summed E-state index contributed by atoms with van der Waals surface area (Å²) >= 11 is 0. The van der Waals surface area contributed by atoms with Crippen LogP contribution in [0.5, 0.6) is 5.75 Å². The van der Waals surface area contributed by atoms with Crippen molar-refractivity contribution >= 4 is 5.91 Å². The molecule has 1 N–H and O–H groups in total. The van der Waals surface area contributed by atoms with Crippen molar-refractivity contribution in [3.05, 3.63) is 52.6 Å². The summed E-state index contributed by atoms with van der Waals surface area (Å²) < 4.78 is 5.76. The Morgan fingerprint density at radius 3 is 3.00 bits per heavy atom. The zero-order valence-corrected chi connectivity index (χ0v) is 15.3. The van der Waals surface area contributed by atoms with Crippen molar-refractivity contribution in [1.29, 1.82) is 0 Å². The van der Waals surface area contributed by atoms with Gasteiger partial charge in [0.15, 0.2) is 0 Å². The molecule has 26 heavy (non-hydrogen) atoms. The van der Waals surface area contributed by atoms with Gasteiger partial charge in [0.05, 0.1) is 13.2 Å². The molecule has 2 heterocycles. The second kappa shape index (κ2) is 7.44. The molecule has 1 atom stereocenters. The normalized spacial score (nSPS) is 18.9. The minimum atomic E-state index is -0.0719. The number of nitrogens with zero attached hydrogens (tertiary/aromatic N) is 2. The highest BCUT2D eigenvalue weighted by Gasteiger charge is 2.24. The maximum atomic E-state index is 12.7. The highest BCUT2D eigenvalue weighted by Crippen LogP contribution is 2.27. The molecule has 1 unspecified atom stereocenters. The number of carbonyl (C=O) groups is 1. The Morgan fingerprint density at radius 1 is 1.23 bits per heavy atom. The molecule has 0 bridgehead atoms. The Kier molecular flexibility index (Phi) is 4.87. The summed E-state index contributed by atoms with van der Waals surface area (Å²) in [5.41, 5.74) is 4.65. The van der Waals surface area contributed by atoms with E-state index in [-0.39, 0.29) is 11.8 Å². The van der Waals surface area contributed by atoms with Crippen molar-refractivity contribution in [3.8, 4) is 5.75 Å². The second-order valence-electron chi connectivity index (χ2n) is 7.22. The Bertz CT molecular complexity index is 819. The maximum absolute atomic E-state index is 12.7. The van der Waals surface area contributed by atoms with Gasteiger partial charge in [-0.15, -0.1) is 0 Å². The van der Waals surface area contributed by atoms with Crippen LogP contribution in [-0.2, 0) is 30.6 Å². The monoisotopic (exact) mass is 351 g/mol. The number of amides is 1. The van der Waals surface area contributed by atoms with Crippen molar-refractivity contribution in [2.75, 3.05) is 6.61 Å². The average Bonchev–Trinajstić information content (AvgIpc) is 2.89. The molecule has 0 saturated heterocycles. The van der Waals surface area contributed by atoms with Gasteiger partial charge in [-0.2, -0.15) is 0 Å². The first kappa shape index (κ1) is 17.0. The maximum Gasteiger partial charge on any atom is 0.223 e. The van der Waals surface area contributed by atoms with E-state index in [9.17, 15) is 4.79 Å². The number of hydrogen-bond acceptors (Lipinski definition) is 4. The average molecular weight is 351 g/mol. The van der Waals surface area contributed by atoms with Gasteiger partial charge in [0.2, 0.25) is 5.91 Å². The fraction of sp³-hybridized carbons (Fsp3) is 0.476. The number of nitrogens with one attached hydrogen (secondary N) is 1. The molecule has 5 nitrogen and oxygen atoms in total. The summed E-state index contributed by atoms with van der Waals surface area (Å²) in [7, 11) is 0. The molecule has 5 heteroatoms. The molecule has 1 aromatic carbocycles. The van der Waals surface area contributed by atoms with Crippen LogP contribution in [0.15, 0.2) is 24.3 Å². The van der Waals surface area contributed by atoms with E-state index >= 15 is 0 Å². The van der Waals surface area contributed by atoms with Crippen molar-refractivity contribution in [3.63, 3.8) is 0 Å². The van der Waals surface area contributed by atoms with Crippen LogP contribution in [0.2, 0.25) is 0 Å². The Balaban J connectivity index is 1.42. The predicted octanol–water partition coefficient (Wildman–Crippen LogP) is 2.92. The van der Waals surface area contributed by atoms with E-state index in [0.29, 0.717) is 19.6 Å². The molecule has 2 aromatic rings. The molecule has 2 aliphatic rings. The smallest absolute Gasteiger partial charge is 0.223 e. The van der Waals surface area contributed by atoms with Crippen LogP contribution in [0.4, 0.5) is 0 Å². The van der Waals surface area contributed by atoms with Crippen molar-refractivity contribution in [2.24, 2.45) is 5.92 Å². The number of para-hydroxylation sites is 1. The SMILES string of the molecule is Cc1nc(CNC(=O)C2CCOc3ccccc3C2)nc2c1CCCC2. The lowest BCUT2D eigenvalue weighted by molar-refractivity contribution is -0.125. The third-order valence-electron chi connectivity index (χ3n) is 5.39. The van der Waals surface area contributed by atoms with Gasteiger partial charge in [0.25, 0.3) is 0 Å². The molecular formula is C21H25N3O2. The minimum Gasteiger partial charge on any atom is -0.493 e. The number of fused-ring (bicyclic) bond motifs is 2. The molecule has 0 spiro atoms. The van der Waals surface area contributed by atoms with Crippen LogP contribution >= 0.6 is 0 Å². The van der Waals surface area contributed by atoms with Gasteiger partial charge < -0.3 is 10.1 Å². The first-order valence-electron chi connectivity index (χ1n) is 9.54. The van der Waals surface area contributed by atoms with E-state index in [4.69, 9.17) is 9.72 Å². The van der Waals surface area contributed by atoms with Gasteiger partial charge in [-0.3, -0.25) is 4.79 Å². The van der Waals surface area contributed by atoms with Gasteiger partial charge in [-0.1, -0.05) is 18.2 Å². The van der Waals surface area contributed by atoms with Crippen molar-refractivity contribution in [2.45, 2.75) is 52.0 Å². The third-order valence-corrected chi connectivity index (χ3v) is 5.39. The summed E-state index contributed by atoms with van der Waals surface area (Å²) in [6.07, 6.45) is 5.96. The summed E-state index contributed by atoms with van der Waals surface area (Å²) in [6, 6.07) is 7.97. The van der Waals surface area contributed by atoms with E-state index in [1.165, 1.54) is 24.1 Å². The molecule has 0 radical (unpaired) electrons. The quantitative estimate of drug-likeness (QED) is 0.923. The molecule has 1 aliphatic carbocycles. The van der Waals surface area contributed by atoms with Gasteiger partial charge in [-0.05, 0) is 62.6 Å². The standard InChI is InChI=1S/C21H25N3O2/c1-14-17-7-3-4-8-18(17)24-20(23-14)13-22-21(25)16-10-11-26-19-9-5-2-6-15(19)12-16/h2,5-6,9,16H,3-4,7-8,10-13H2,1H3,(H,22,25). The summed E-state index contributed by atoms with van der Waals surface area (Å²) in [6.45, 7) is 3.02. The minimum absolute atomic E-state index is 0.0595. The Labute approximate surface area is 154 Å². The molecular weight excluding hydrogens is 326 g/mol. The fourth-order valence-corrected chi connectivity index (χ4v) is 3.95. The molecule has 136 valence electrons. The number of carbonyl (C=O) groups excluding carboxylic acids is 1. The molecule has 0 saturated carbocycles. The fourth-order valence-electron chi connectivity index (χ4n) is 3.95. The summed E-state index contributed by atoms with van der Waals surface area (Å²) in [5, 5.41) is 3.04. The highest BCUT2D eigenvalue weighted by atomic mass is 16.5. The number of rotatable bonds is 3. The van der Waals surface area contributed by atoms with E-state index in [2.05, 4.69) is 17.2 Å². The van der Waals surface area contributed by atoms with Crippen LogP contribution < -0.4 is 10.1 Å². The zero-order chi connectivity index (χ0) is 17.9. The summed E-state index contributed by atoms with van der Waals surface area (Å²) in [4.78, 5) is 22.0. The lowest BCUT2D eigenvalue weighted by atomic mass is 9.95. The Hall–Kier alpha value is -2.43. The van der Waals surface area contributed by atoms with Crippen LogP contribution in [0.25, 0.3) is 0 Å². The molecule has 1 aromatic heterocycles. The first-order chi connectivity index (χ1) is 12.7. The number of benzene rings is 1. The van der Waals surface area contributed by atoms with Crippen molar-refractivity contribution in [1.82, 2.24) is 15.3 Å². The third kappa shape index (κ3) is 3.57. The van der Waals surface area contributed by atoms with Gasteiger partial charge >= 0.3 is 0 Å². The van der Waals surface area contributed by atoms with Crippen LogP contribution in [0.3, 0.4) is 0 Å². The molecule has 0 fully saturated rings. The van der Waals surface area contributed by atoms with Crippen LogP contribution in [0, 0.1) is 12.8 Å². The molecule has 1 aliphatic heterocycles. The lowest BCUT2D eigenvalue weighted by Gasteiger charge is -2.18. The topological polar surface area (TPSA) is 64.1 Å². The van der Waals surface area contributed by atoms with Gasteiger partial charge in [-0.25, -0.2) is 9.97 Å². The van der Waals surface area contributed by atoms with Gasteiger partial charge in [0.1, 0.15) is 11.6 Å². The lowest BCUT2D eigenvalue weighted by Crippen LogP contribution is -2.32. The largest absolute Gasteiger partial charge is 0.493 e. The number of hydrogen-bond donors (Lipinski definition) is 1. The predicted molar refractivity (Wildman–Crippen MR) is 99.0 cm³/mol. The van der Waals surface area contributed by atoms with E-state index in [1.54, 1.807) is 0 Å². The van der Waals surface area contributed by atoms with E-state index in [0.717, 1.165) is 42.1 Å². The molecule has 4 rings (SSSR count). The highest BCUT2D eigenvalue weighted by molar-refractivity contribution is 5.79. The molecule has 1 amide bonds. The Morgan fingerprint density at radius 2 is 2.08 bits per heavy atom. The number of ether oxygens (including phenoxy) is 1. The number of aromatic nitrogens is 2. The summed E-state index contributed by atoms with van der Waals surface area (Å²) in [5.74, 6) is 1.61. The second-order valence-corrected chi connectivity index (χ2v) is 7.22. The van der Waals surface area contributed by atoms with Gasteiger partial charge in [0, 0.05) is 17.3 Å². The first-order valence-corrected chi connectivity index (χ1v) is 9.54. The van der Waals surface area contributed by atoms with Crippen LogP contribution in [-0.4, -0.2) is 22.5 Å². The zero-order valence-electron chi connectivity index (χ0n) is 15.3.